The van der Waals surface area contributed by atoms with Gasteiger partial charge in [0.2, 0.25) is 5.91 Å². The normalized spacial score (nSPS) is 14.0. The van der Waals surface area contributed by atoms with Gasteiger partial charge in [-0.1, -0.05) is 22.0 Å². The Morgan fingerprint density at radius 2 is 2.15 bits per heavy atom. The van der Waals surface area contributed by atoms with E-state index in [-0.39, 0.29) is 54.8 Å². The van der Waals surface area contributed by atoms with Gasteiger partial charge in [-0.05, 0) is 37.5 Å². The highest BCUT2D eigenvalue weighted by atomic mass is 127. The number of carbonyl (C=O) groups excluding carboxylic acids is 2. The molecular formula is C17H24BrFIN5O2. The van der Waals surface area contributed by atoms with Gasteiger partial charge in [0.15, 0.2) is 5.96 Å². The van der Waals surface area contributed by atoms with Crippen molar-refractivity contribution in [2.24, 2.45) is 4.99 Å². The van der Waals surface area contributed by atoms with Crippen LogP contribution in [0.15, 0.2) is 27.7 Å². The summed E-state index contributed by atoms with van der Waals surface area (Å²) in [7, 11) is 0. The lowest BCUT2D eigenvalue weighted by atomic mass is 10.1. The molecule has 1 aromatic carbocycles. The first kappa shape index (κ1) is 23.6. The van der Waals surface area contributed by atoms with Crippen LogP contribution in [0.5, 0.6) is 0 Å². The van der Waals surface area contributed by atoms with Gasteiger partial charge >= 0.3 is 6.03 Å². The second-order valence-corrected chi connectivity index (χ2v) is 6.65. The molecule has 3 amide bonds. The number of benzene rings is 1. The number of halogens is 3. The second kappa shape index (κ2) is 12.1. The number of urea groups is 1. The van der Waals surface area contributed by atoms with E-state index in [2.05, 4.69) is 36.9 Å². The lowest BCUT2D eigenvalue weighted by Crippen LogP contribution is -2.43. The molecular weight excluding hydrogens is 532 g/mol. The Labute approximate surface area is 183 Å². The van der Waals surface area contributed by atoms with Crippen LogP contribution in [0, 0.1) is 5.82 Å². The molecule has 1 aliphatic heterocycles. The summed E-state index contributed by atoms with van der Waals surface area (Å²) in [6.07, 6.45) is 1.31. The molecule has 0 bridgehead atoms. The highest BCUT2D eigenvalue weighted by molar-refractivity contribution is 14.0. The Hall–Kier alpha value is -1.43. The topological polar surface area (TPSA) is 85.8 Å². The third-order valence-electron chi connectivity index (χ3n) is 3.80. The van der Waals surface area contributed by atoms with Gasteiger partial charge in [-0.15, -0.1) is 24.0 Å². The van der Waals surface area contributed by atoms with E-state index >= 15 is 0 Å². The van der Waals surface area contributed by atoms with Gasteiger partial charge in [-0.3, -0.25) is 14.7 Å². The number of hydrogen-bond donors (Lipinski definition) is 3. The average molecular weight is 556 g/mol. The number of rotatable bonds is 8. The van der Waals surface area contributed by atoms with Crippen LogP contribution in [0.3, 0.4) is 0 Å². The number of hydrogen-bond acceptors (Lipinski definition) is 3. The summed E-state index contributed by atoms with van der Waals surface area (Å²) in [6.45, 7) is 3.92. The van der Waals surface area contributed by atoms with E-state index in [9.17, 15) is 14.0 Å². The maximum absolute atomic E-state index is 13.8. The molecule has 150 valence electrons. The molecule has 0 unspecified atom stereocenters. The van der Waals surface area contributed by atoms with Crippen molar-refractivity contribution < 1.29 is 14.0 Å². The zero-order chi connectivity index (χ0) is 18.9. The minimum Gasteiger partial charge on any atom is -0.357 e. The van der Waals surface area contributed by atoms with Crippen molar-refractivity contribution in [3.05, 3.63) is 34.1 Å². The van der Waals surface area contributed by atoms with E-state index < -0.39 is 0 Å². The van der Waals surface area contributed by atoms with Crippen molar-refractivity contribution >= 4 is 57.8 Å². The average Bonchev–Trinajstić information content (AvgIpc) is 2.92. The molecule has 0 radical (unpaired) electrons. The van der Waals surface area contributed by atoms with E-state index in [0.717, 1.165) is 4.47 Å². The summed E-state index contributed by atoms with van der Waals surface area (Å²) in [6, 6.07) is 4.68. The van der Waals surface area contributed by atoms with Crippen molar-refractivity contribution in [1.29, 1.82) is 0 Å². The lowest BCUT2D eigenvalue weighted by molar-refractivity contribution is -0.124. The summed E-state index contributed by atoms with van der Waals surface area (Å²) >= 11 is 3.24. The number of amides is 3. The highest BCUT2D eigenvalue weighted by Crippen LogP contribution is 2.16. The van der Waals surface area contributed by atoms with Crippen LogP contribution in [0.4, 0.5) is 9.18 Å². The van der Waals surface area contributed by atoms with E-state index in [1.54, 1.807) is 6.07 Å². The smallest absolute Gasteiger partial charge is 0.324 e. The molecule has 1 aliphatic rings. The molecule has 27 heavy (non-hydrogen) atoms. The number of nitrogens with one attached hydrogen (secondary N) is 3. The first-order valence-electron chi connectivity index (χ1n) is 8.55. The maximum atomic E-state index is 13.8. The second-order valence-electron chi connectivity index (χ2n) is 5.73. The number of aryl methyl sites for hydroxylation is 1. The summed E-state index contributed by atoms with van der Waals surface area (Å²) < 4.78 is 14.5. The quantitative estimate of drug-likeness (QED) is 0.151. The minimum atomic E-state index is -0.365. The zero-order valence-corrected chi connectivity index (χ0v) is 19.0. The first-order chi connectivity index (χ1) is 12.5. The fourth-order valence-corrected chi connectivity index (χ4v) is 2.83. The van der Waals surface area contributed by atoms with Crippen molar-refractivity contribution in [1.82, 2.24) is 20.9 Å². The van der Waals surface area contributed by atoms with Crippen LogP contribution in [-0.2, 0) is 11.2 Å². The van der Waals surface area contributed by atoms with Crippen LogP contribution < -0.4 is 16.0 Å². The van der Waals surface area contributed by atoms with Crippen molar-refractivity contribution in [2.75, 3.05) is 32.7 Å². The Kier molecular flexibility index (Phi) is 10.6. The summed E-state index contributed by atoms with van der Waals surface area (Å²) in [4.78, 5) is 28.6. The lowest BCUT2D eigenvalue weighted by Gasteiger charge is -2.15. The molecule has 3 N–H and O–H groups in total. The van der Waals surface area contributed by atoms with E-state index in [0.29, 0.717) is 44.0 Å². The fraction of sp³-hybridized carbons (Fsp3) is 0.471. The molecule has 7 nitrogen and oxygen atoms in total. The summed E-state index contributed by atoms with van der Waals surface area (Å²) in [5, 5.41) is 8.67. The monoisotopic (exact) mass is 555 g/mol. The summed E-state index contributed by atoms with van der Waals surface area (Å²) in [5.41, 5.74) is 0.667. The molecule has 0 aliphatic carbocycles. The Morgan fingerprint density at radius 3 is 2.78 bits per heavy atom. The molecule has 2 rings (SSSR count). The fourth-order valence-electron chi connectivity index (χ4n) is 2.49. The SMILES string of the molecule is CCNC(=NCCCc1ccc(Br)cc1F)NCCN1C(=O)CNC1=O.I. The van der Waals surface area contributed by atoms with Crippen molar-refractivity contribution in [3.63, 3.8) is 0 Å². The van der Waals surface area contributed by atoms with Gasteiger partial charge in [-0.2, -0.15) is 0 Å². The molecule has 0 spiro atoms. The summed E-state index contributed by atoms with van der Waals surface area (Å²) in [5.74, 6) is 0.160. The van der Waals surface area contributed by atoms with Gasteiger partial charge in [0.25, 0.3) is 0 Å². The minimum absolute atomic E-state index is 0. The third kappa shape index (κ3) is 7.60. The van der Waals surface area contributed by atoms with Crippen LogP contribution >= 0.6 is 39.9 Å². The van der Waals surface area contributed by atoms with Crippen molar-refractivity contribution in [3.8, 4) is 0 Å². The van der Waals surface area contributed by atoms with Crippen LogP contribution in [-0.4, -0.2) is 55.5 Å². The van der Waals surface area contributed by atoms with E-state index in [4.69, 9.17) is 0 Å². The molecule has 0 aromatic heterocycles. The van der Waals surface area contributed by atoms with Gasteiger partial charge in [-0.25, -0.2) is 9.18 Å². The molecule has 1 saturated heterocycles. The van der Waals surface area contributed by atoms with Crippen LogP contribution in [0.1, 0.15) is 18.9 Å². The largest absolute Gasteiger partial charge is 0.357 e. The predicted octanol–water partition coefficient (Wildman–Crippen LogP) is 2.25. The van der Waals surface area contributed by atoms with Gasteiger partial charge in [0.1, 0.15) is 5.82 Å². The standard InChI is InChI=1S/C17H23BrFN5O2.HI/c1-2-20-16(22-8-9-24-15(25)11-23-17(24)26)21-7-3-4-12-5-6-13(18)10-14(12)19;/h5-6,10H,2-4,7-9,11H2,1H3,(H,23,26)(H2,20,21,22);1H. The van der Waals surface area contributed by atoms with Gasteiger partial charge in [0.05, 0.1) is 6.54 Å². The molecule has 1 heterocycles. The zero-order valence-electron chi connectivity index (χ0n) is 15.1. The number of guanidine groups is 1. The number of carbonyl (C=O) groups is 2. The van der Waals surface area contributed by atoms with Gasteiger partial charge in [0, 0.05) is 30.7 Å². The number of nitrogens with zero attached hydrogens (tertiary/aromatic N) is 2. The van der Waals surface area contributed by atoms with Crippen LogP contribution in [0.25, 0.3) is 0 Å². The predicted molar refractivity (Wildman–Crippen MR) is 117 cm³/mol. The van der Waals surface area contributed by atoms with Crippen molar-refractivity contribution in [2.45, 2.75) is 19.8 Å². The molecule has 1 aromatic rings. The molecule has 1 fully saturated rings. The first-order valence-corrected chi connectivity index (χ1v) is 9.35. The highest BCUT2D eigenvalue weighted by Gasteiger charge is 2.27. The van der Waals surface area contributed by atoms with Gasteiger partial charge < -0.3 is 16.0 Å². The third-order valence-corrected chi connectivity index (χ3v) is 4.29. The number of aliphatic imine (C=N–C) groups is 1. The Bertz CT molecular complexity index is 673. The Morgan fingerprint density at radius 1 is 1.37 bits per heavy atom. The van der Waals surface area contributed by atoms with E-state index in [1.807, 2.05) is 13.0 Å². The Balaban J connectivity index is 0.00000364. The molecule has 0 saturated carbocycles. The van der Waals surface area contributed by atoms with Crippen LogP contribution in [0.2, 0.25) is 0 Å². The van der Waals surface area contributed by atoms with E-state index in [1.165, 1.54) is 11.0 Å². The number of imide groups is 1. The maximum Gasteiger partial charge on any atom is 0.324 e. The molecule has 0 atom stereocenters. The molecule has 10 heteroatoms.